The summed E-state index contributed by atoms with van der Waals surface area (Å²) < 4.78 is 37.1. The highest BCUT2D eigenvalue weighted by Gasteiger charge is 2.25. The van der Waals surface area contributed by atoms with Crippen LogP contribution < -0.4 is 4.90 Å². The van der Waals surface area contributed by atoms with E-state index < -0.39 is 34.5 Å². The third-order valence-corrected chi connectivity index (χ3v) is 7.11. The molecule has 2 aromatic carbocycles. The highest BCUT2D eigenvalue weighted by atomic mass is 32.2. The van der Waals surface area contributed by atoms with Crippen molar-refractivity contribution in [3.63, 3.8) is 0 Å². The van der Waals surface area contributed by atoms with Crippen LogP contribution in [0, 0.1) is 6.92 Å². The van der Waals surface area contributed by atoms with Crippen molar-refractivity contribution < 1.29 is 32.3 Å². The first-order valence-electron chi connectivity index (χ1n) is 10.9. The van der Waals surface area contributed by atoms with Crippen molar-refractivity contribution >= 4 is 33.6 Å². The number of amides is 1. The number of nitrogens with zero attached hydrogens (tertiary/aromatic N) is 2. The summed E-state index contributed by atoms with van der Waals surface area (Å²) in [7, 11) is -3.77. The van der Waals surface area contributed by atoms with E-state index in [2.05, 4.69) is 0 Å². The van der Waals surface area contributed by atoms with E-state index in [4.69, 9.17) is 9.47 Å². The molecule has 0 saturated heterocycles. The number of carbonyl (C=O) groups is 3. The zero-order valence-electron chi connectivity index (χ0n) is 19.8. The molecule has 0 bridgehead atoms. The normalized spacial score (nSPS) is 11.2. The van der Waals surface area contributed by atoms with Gasteiger partial charge >= 0.3 is 11.9 Å². The first kappa shape index (κ1) is 27.0. The summed E-state index contributed by atoms with van der Waals surface area (Å²) in [5.74, 6) is -2.07. The number of carbonyl (C=O) groups excluding carboxylic acids is 3. The molecule has 0 aliphatic heterocycles. The van der Waals surface area contributed by atoms with Crippen molar-refractivity contribution in [3.05, 3.63) is 59.7 Å². The van der Waals surface area contributed by atoms with Gasteiger partial charge in [-0.15, -0.1) is 0 Å². The number of rotatable bonds is 11. The standard InChI is InChI=1S/C24H30N2O7S/c1-5-25(6-2)34(30,31)20-14-13-18(4)21(15-20)24(29)33-17-22(27)26(16-23(28)32-7-3)19-11-9-8-10-12-19/h8-15H,5-7,16-17H2,1-4H3. The van der Waals surface area contributed by atoms with Crippen LogP contribution in [0.25, 0.3) is 0 Å². The zero-order valence-corrected chi connectivity index (χ0v) is 20.6. The van der Waals surface area contributed by atoms with Crippen molar-refractivity contribution in [2.24, 2.45) is 0 Å². The number of benzene rings is 2. The molecule has 9 nitrogen and oxygen atoms in total. The van der Waals surface area contributed by atoms with Crippen LogP contribution >= 0.6 is 0 Å². The summed E-state index contributed by atoms with van der Waals surface area (Å²) in [6, 6.07) is 12.7. The van der Waals surface area contributed by atoms with Gasteiger partial charge in [0, 0.05) is 18.8 Å². The molecule has 184 valence electrons. The summed E-state index contributed by atoms with van der Waals surface area (Å²) >= 11 is 0. The van der Waals surface area contributed by atoms with Gasteiger partial charge in [0.1, 0.15) is 6.54 Å². The highest BCUT2D eigenvalue weighted by molar-refractivity contribution is 7.89. The van der Waals surface area contributed by atoms with Crippen LogP contribution in [-0.2, 0) is 29.1 Å². The van der Waals surface area contributed by atoms with E-state index >= 15 is 0 Å². The lowest BCUT2D eigenvalue weighted by Crippen LogP contribution is -2.39. The van der Waals surface area contributed by atoms with Crippen LogP contribution in [0.15, 0.2) is 53.4 Å². The summed E-state index contributed by atoms with van der Waals surface area (Å²) in [4.78, 5) is 38.7. The average molecular weight is 491 g/mol. The van der Waals surface area contributed by atoms with Crippen LogP contribution in [0.5, 0.6) is 0 Å². The van der Waals surface area contributed by atoms with E-state index in [1.165, 1.54) is 27.4 Å². The maximum absolute atomic E-state index is 12.8. The van der Waals surface area contributed by atoms with E-state index in [9.17, 15) is 22.8 Å². The molecule has 0 aliphatic carbocycles. The predicted molar refractivity (Wildman–Crippen MR) is 127 cm³/mol. The zero-order chi connectivity index (χ0) is 25.3. The third-order valence-electron chi connectivity index (χ3n) is 5.06. The minimum Gasteiger partial charge on any atom is -0.465 e. The first-order valence-corrected chi connectivity index (χ1v) is 12.4. The highest BCUT2D eigenvalue weighted by Crippen LogP contribution is 2.21. The Balaban J connectivity index is 2.21. The van der Waals surface area contributed by atoms with Crippen LogP contribution in [0.2, 0.25) is 0 Å². The lowest BCUT2D eigenvalue weighted by atomic mass is 10.1. The van der Waals surface area contributed by atoms with Gasteiger partial charge in [-0.2, -0.15) is 4.31 Å². The molecule has 0 atom stereocenters. The molecule has 34 heavy (non-hydrogen) atoms. The van der Waals surface area contributed by atoms with E-state index in [0.29, 0.717) is 11.3 Å². The average Bonchev–Trinajstić information content (AvgIpc) is 2.82. The molecule has 0 spiro atoms. The Labute approximate surface area is 200 Å². The van der Waals surface area contributed by atoms with E-state index in [-0.39, 0.29) is 36.7 Å². The minimum absolute atomic E-state index is 0.0340. The molecule has 0 radical (unpaired) electrons. The van der Waals surface area contributed by atoms with Crippen molar-refractivity contribution in [2.45, 2.75) is 32.6 Å². The summed E-state index contributed by atoms with van der Waals surface area (Å²) in [6.45, 7) is 6.51. The van der Waals surface area contributed by atoms with E-state index in [0.717, 1.165) is 0 Å². The fourth-order valence-corrected chi connectivity index (χ4v) is 4.73. The second-order valence-electron chi connectivity index (χ2n) is 7.26. The lowest BCUT2D eigenvalue weighted by molar-refractivity contribution is -0.142. The fourth-order valence-electron chi connectivity index (χ4n) is 3.24. The maximum Gasteiger partial charge on any atom is 0.338 e. The van der Waals surface area contributed by atoms with Gasteiger partial charge in [0.2, 0.25) is 10.0 Å². The number of ether oxygens (including phenoxy) is 2. The quantitative estimate of drug-likeness (QED) is 0.446. The third kappa shape index (κ3) is 6.64. The van der Waals surface area contributed by atoms with Crippen molar-refractivity contribution in [1.29, 1.82) is 0 Å². The molecule has 0 aromatic heterocycles. The molecule has 0 unspecified atom stereocenters. The Hall–Kier alpha value is -3.24. The Morgan fingerprint density at radius 2 is 1.56 bits per heavy atom. The lowest BCUT2D eigenvalue weighted by Gasteiger charge is -2.22. The van der Waals surface area contributed by atoms with Gasteiger partial charge in [0.25, 0.3) is 5.91 Å². The second kappa shape index (κ2) is 12.3. The van der Waals surface area contributed by atoms with Crippen LogP contribution in [0.4, 0.5) is 5.69 Å². The number of anilines is 1. The molecule has 0 saturated carbocycles. The number of esters is 2. The molecule has 10 heteroatoms. The Kier molecular flexibility index (Phi) is 9.76. The van der Waals surface area contributed by atoms with E-state index in [1.807, 2.05) is 0 Å². The molecule has 0 N–H and O–H groups in total. The SMILES string of the molecule is CCOC(=O)CN(C(=O)COC(=O)c1cc(S(=O)(=O)N(CC)CC)ccc1C)c1ccccc1. The van der Waals surface area contributed by atoms with Crippen LogP contribution in [0.1, 0.15) is 36.7 Å². The molecular weight excluding hydrogens is 460 g/mol. The van der Waals surface area contributed by atoms with Gasteiger partial charge in [-0.05, 0) is 43.7 Å². The van der Waals surface area contributed by atoms with Crippen LogP contribution in [0.3, 0.4) is 0 Å². The van der Waals surface area contributed by atoms with Crippen molar-refractivity contribution in [1.82, 2.24) is 4.31 Å². The molecule has 0 heterocycles. The van der Waals surface area contributed by atoms with Gasteiger partial charge in [-0.3, -0.25) is 14.5 Å². The summed E-state index contributed by atoms with van der Waals surface area (Å²) in [5.41, 5.74) is 0.986. The number of hydrogen-bond donors (Lipinski definition) is 0. The first-order chi connectivity index (χ1) is 16.1. The number of aryl methyl sites for hydroxylation is 1. The molecule has 2 rings (SSSR count). The molecule has 2 aromatic rings. The van der Waals surface area contributed by atoms with Gasteiger partial charge < -0.3 is 9.47 Å². The maximum atomic E-state index is 12.8. The van der Waals surface area contributed by atoms with Crippen LogP contribution in [-0.4, -0.2) is 63.4 Å². The molecule has 0 fully saturated rings. The largest absolute Gasteiger partial charge is 0.465 e. The van der Waals surface area contributed by atoms with Gasteiger partial charge in [0.15, 0.2) is 6.61 Å². The Morgan fingerprint density at radius 3 is 2.15 bits per heavy atom. The molecular formula is C24H30N2O7S. The van der Waals surface area contributed by atoms with Gasteiger partial charge in [0.05, 0.1) is 17.1 Å². The minimum atomic E-state index is -3.77. The summed E-state index contributed by atoms with van der Waals surface area (Å²) in [5, 5.41) is 0. The van der Waals surface area contributed by atoms with Crippen molar-refractivity contribution in [2.75, 3.05) is 37.7 Å². The molecule has 1 amide bonds. The topological polar surface area (TPSA) is 110 Å². The fraction of sp³-hybridized carbons (Fsp3) is 0.375. The van der Waals surface area contributed by atoms with Crippen molar-refractivity contribution in [3.8, 4) is 0 Å². The monoisotopic (exact) mass is 490 g/mol. The van der Waals surface area contributed by atoms with Gasteiger partial charge in [-0.25, -0.2) is 13.2 Å². The van der Waals surface area contributed by atoms with Gasteiger partial charge in [-0.1, -0.05) is 38.1 Å². The molecule has 0 aliphatic rings. The number of para-hydroxylation sites is 1. The number of hydrogen-bond acceptors (Lipinski definition) is 7. The van der Waals surface area contributed by atoms with E-state index in [1.54, 1.807) is 58.0 Å². The Morgan fingerprint density at radius 1 is 0.912 bits per heavy atom. The predicted octanol–water partition coefficient (Wildman–Crippen LogP) is 2.78. The Bertz CT molecular complexity index is 1110. The smallest absolute Gasteiger partial charge is 0.338 e. The second-order valence-corrected chi connectivity index (χ2v) is 9.20. The number of sulfonamides is 1. The summed E-state index contributed by atoms with van der Waals surface area (Å²) in [6.07, 6.45) is 0.